The second kappa shape index (κ2) is 7.76. The summed E-state index contributed by atoms with van der Waals surface area (Å²) in [6.07, 6.45) is 1.25. The van der Waals surface area contributed by atoms with Gasteiger partial charge in [-0.05, 0) is 37.1 Å². The number of carbonyl (C=O) groups is 1. The molecule has 3 aromatic rings. The molecule has 0 saturated carbocycles. The molecule has 1 aromatic heterocycles. The summed E-state index contributed by atoms with van der Waals surface area (Å²) in [6.45, 7) is 2.70. The number of fused-ring (bicyclic) bond motifs is 1. The maximum atomic E-state index is 11.3. The fourth-order valence-corrected chi connectivity index (χ4v) is 3.25. The van der Waals surface area contributed by atoms with Gasteiger partial charge in [0.05, 0.1) is 18.2 Å². The lowest BCUT2D eigenvalue weighted by atomic mass is 9.96. The molecule has 2 heterocycles. The van der Waals surface area contributed by atoms with Crippen LogP contribution in [-0.4, -0.2) is 24.1 Å². The van der Waals surface area contributed by atoms with E-state index >= 15 is 0 Å². The predicted molar refractivity (Wildman–Crippen MR) is 104 cm³/mol. The van der Waals surface area contributed by atoms with E-state index in [9.17, 15) is 4.79 Å². The molecule has 6 heteroatoms. The number of nitrogens with two attached hydrogens (primary N) is 1. The zero-order valence-electron chi connectivity index (χ0n) is 15.7. The number of rotatable bonds is 6. The number of amides is 1. The molecule has 144 valence electrons. The van der Waals surface area contributed by atoms with Crippen LogP contribution in [-0.2, 0) is 17.6 Å². The Morgan fingerprint density at radius 2 is 2.07 bits per heavy atom. The molecular weight excluding hydrogens is 356 g/mol. The van der Waals surface area contributed by atoms with E-state index in [-0.39, 0.29) is 11.8 Å². The lowest BCUT2D eigenvalue weighted by Crippen LogP contribution is -2.33. The summed E-state index contributed by atoms with van der Waals surface area (Å²) >= 11 is 0. The minimum absolute atomic E-state index is 0.270. The van der Waals surface area contributed by atoms with Crippen molar-refractivity contribution in [1.29, 1.82) is 0 Å². The first-order valence-corrected chi connectivity index (χ1v) is 9.29. The summed E-state index contributed by atoms with van der Waals surface area (Å²) in [5.41, 5.74) is 8.19. The number of aryl methyl sites for hydroxylation is 1. The first-order chi connectivity index (χ1) is 13.6. The average Bonchev–Trinajstić information content (AvgIpc) is 3.09. The molecule has 0 fully saturated rings. The first-order valence-electron chi connectivity index (χ1n) is 9.29. The van der Waals surface area contributed by atoms with Gasteiger partial charge in [-0.15, -0.1) is 0 Å². The summed E-state index contributed by atoms with van der Waals surface area (Å²) in [5, 5.41) is 0. The summed E-state index contributed by atoms with van der Waals surface area (Å²) in [5.74, 6) is 2.30. The van der Waals surface area contributed by atoms with E-state index in [2.05, 4.69) is 4.98 Å². The van der Waals surface area contributed by atoms with Crippen LogP contribution in [0.1, 0.15) is 17.0 Å². The van der Waals surface area contributed by atoms with Crippen molar-refractivity contribution in [2.45, 2.75) is 19.8 Å². The van der Waals surface area contributed by atoms with Crippen molar-refractivity contribution in [2.75, 3.05) is 13.2 Å². The largest absolute Gasteiger partial charge is 0.493 e. The van der Waals surface area contributed by atoms with Gasteiger partial charge in [-0.1, -0.05) is 24.3 Å². The minimum Gasteiger partial charge on any atom is -0.493 e. The van der Waals surface area contributed by atoms with Gasteiger partial charge < -0.3 is 19.6 Å². The number of hydrogen-bond acceptors (Lipinski definition) is 5. The van der Waals surface area contributed by atoms with E-state index < -0.39 is 0 Å². The van der Waals surface area contributed by atoms with Crippen LogP contribution in [0.4, 0.5) is 0 Å². The zero-order chi connectivity index (χ0) is 19.5. The van der Waals surface area contributed by atoms with Crippen LogP contribution in [0.5, 0.6) is 11.5 Å². The molecule has 1 aliphatic heterocycles. The Bertz CT molecular complexity index is 981. The van der Waals surface area contributed by atoms with Gasteiger partial charge in [0.2, 0.25) is 11.8 Å². The molecule has 1 aliphatic rings. The zero-order valence-corrected chi connectivity index (χ0v) is 15.7. The van der Waals surface area contributed by atoms with E-state index in [0.717, 1.165) is 34.1 Å². The van der Waals surface area contributed by atoms with Crippen molar-refractivity contribution in [2.24, 2.45) is 11.7 Å². The molecular formula is C22H22N2O4. The Morgan fingerprint density at radius 1 is 1.25 bits per heavy atom. The number of hydrogen-bond donors (Lipinski definition) is 1. The highest BCUT2D eigenvalue weighted by atomic mass is 16.5. The predicted octanol–water partition coefficient (Wildman–Crippen LogP) is 3.31. The van der Waals surface area contributed by atoms with E-state index in [1.807, 2.05) is 55.5 Å². The lowest BCUT2D eigenvalue weighted by Gasteiger charge is -2.23. The minimum atomic E-state index is -0.330. The molecule has 2 aromatic carbocycles. The maximum Gasteiger partial charge on any atom is 0.226 e. The second-order valence-corrected chi connectivity index (χ2v) is 6.87. The molecule has 2 N–H and O–H groups in total. The van der Waals surface area contributed by atoms with Crippen molar-refractivity contribution >= 4 is 5.91 Å². The summed E-state index contributed by atoms with van der Waals surface area (Å²) < 4.78 is 17.3. The van der Waals surface area contributed by atoms with Gasteiger partial charge in [-0.25, -0.2) is 4.98 Å². The number of aromatic nitrogens is 1. The number of benzene rings is 2. The van der Waals surface area contributed by atoms with E-state index in [1.54, 1.807) is 0 Å². The number of ether oxygens (including phenoxy) is 2. The quantitative estimate of drug-likeness (QED) is 0.711. The third-order valence-electron chi connectivity index (χ3n) is 4.87. The van der Waals surface area contributed by atoms with Crippen LogP contribution < -0.4 is 15.2 Å². The van der Waals surface area contributed by atoms with Crippen LogP contribution in [0.3, 0.4) is 0 Å². The summed E-state index contributed by atoms with van der Waals surface area (Å²) in [7, 11) is 0. The van der Waals surface area contributed by atoms with Gasteiger partial charge in [0.25, 0.3) is 0 Å². The van der Waals surface area contributed by atoms with Crippen LogP contribution in [0.25, 0.3) is 11.5 Å². The Labute approximate surface area is 163 Å². The SMILES string of the molecule is Cc1oc(-c2ccccc2)nc1CCOc1ccc2c(c1)OCC(C(N)=O)C2. The van der Waals surface area contributed by atoms with Crippen molar-refractivity contribution in [3.8, 4) is 23.0 Å². The molecule has 4 rings (SSSR count). The Morgan fingerprint density at radius 3 is 2.86 bits per heavy atom. The molecule has 28 heavy (non-hydrogen) atoms. The summed E-state index contributed by atoms with van der Waals surface area (Å²) in [4.78, 5) is 15.9. The Kier molecular flexibility index (Phi) is 5.02. The van der Waals surface area contributed by atoms with Gasteiger partial charge in [0.15, 0.2) is 0 Å². The fraction of sp³-hybridized carbons (Fsp3) is 0.273. The third-order valence-corrected chi connectivity index (χ3v) is 4.87. The number of oxazole rings is 1. The van der Waals surface area contributed by atoms with Gasteiger partial charge >= 0.3 is 0 Å². The monoisotopic (exact) mass is 378 g/mol. The second-order valence-electron chi connectivity index (χ2n) is 6.87. The van der Waals surface area contributed by atoms with Gasteiger partial charge in [-0.2, -0.15) is 0 Å². The van der Waals surface area contributed by atoms with Crippen LogP contribution in [0.15, 0.2) is 52.9 Å². The standard InChI is InChI=1S/C22H22N2O4/c1-14-19(24-22(28-14)15-5-3-2-4-6-15)9-10-26-18-8-7-16-11-17(21(23)25)13-27-20(16)12-18/h2-8,12,17H,9-11,13H2,1H3,(H2,23,25). The van der Waals surface area contributed by atoms with Crippen molar-refractivity contribution in [1.82, 2.24) is 4.98 Å². The smallest absolute Gasteiger partial charge is 0.226 e. The molecule has 0 radical (unpaired) electrons. The van der Waals surface area contributed by atoms with Crippen LogP contribution in [0.2, 0.25) is 0 Å². The fourth-order valence-electron chi connectivity index (χ4n) is 3.25. The van der Waals surface area contributed by atoms with Gasteiger partial charge in [-0.3, -0.25) is 4.79 Å². The maximum absolute atomic E-state index is 11.3. The molecule has 6 nitrogen and oxygen atoms in total. The van der Waals surface area contributed by atoms with Crippen molar-refractivity contribution in [3.63, 3.8) is 0 Å². The highest BCUT2D eigenvalue weighted by Gasteiger charge is 2.24. The molecule has 0 bridgehead atoms. The average molecular weight is 378 g/mol. The van der Waals surface area contributed by atoms with Crippen LogP contribution >= 0.6 is 0 Å². The Hall–Kier alpha value is -3.28. The van der Waals surface area contributed by atoms with E-state index in [0.29, 0.717) is 31.9 Å². The first kappa shape index (κ1) is 18.1. The van der Waals surface area contributed by atoms with Crippen molar-refractivity contribution in [3.05, 3.63) is 65.5 Å². The van der Waals surface area contributed by atoms with Gasteiger partial charge in [0.1, 0.15) is 23.9 Å². The summed E-state index contributed by atoms with van der Waals surface area (Å²) in [6, 6.07) is 15.5. The third kappa shape index (κ3) is 3.86. The molecule has 0 aliphatic carbocycles. The van der Waals surface area contributed by atoms with Gasteiger partial charge in [0, 0.05) is 18.1 Å². The molecule has 1 atom stereocenters. The Balaban J connectivity index is 1.37. The van der Waals surface area contributed by atoms with E-state index in [1.165, 1.54) is 0 Å². The molecule has 0 spiro atoms. The molecule has 1 amide bonds. The number of nitrogens with zero attached hydrogens (tertiary/aromatic N) is 1. The normalized spacial score (nSPS) is 15.5. The topological polar surface area (TPSA) is 87.6 Å². The van der Waals surface area contributed by atoms with Crippen LogP contribution in [0, 0.1) is 12.8 Å². The number of primary amides is 1. The molecule has 1 unspecified atom stereocenters. The lowest BCUT2D eigenvalue weighted by molar-refractivity contribution is -0.123. The highest BCUT2D eigenvalue weighted by molar-refractivity contribution is 5.77. The van der Waals surface area contributed by atoms with E-state index in [4.69, 9.17) is 19.6 Å². The number of carbonyl (C=O) groups excluding carboxylic acids is 1. The van der Waals surface area contributed by atoms with Crippen molar-refractivity contribution < 1.29 is 18.7 Å². The highest BCUT2D eigenvalue weighted by Crippen LogP contribution is 2.31. The molecule has 0 saturated heterocycles.